The van der Waals surface area contributed by atoms with E-state index in [-0.39, 0.29) is 0 Å². The van der Waals surface area contributed by atoms with Crippen molar-refractivity contribution in [3.63, 3.8) is 0 Å². The Morgan fingerprint density at radius 1 is 1.40 bits per heavy atom. The first-order chi connectivity index (χ1) is 4.84. The molecule has 0 spiro atoms. The second kappa shape index (κ2) is 3.37. The molecule has 1 aromatic carbocycles. The summed E-state index contributed by atoms with van der Waals surface area (Å²) >= 11 is 5.80. The van der Waals surface area contributed by atoms with Crippen molar-refractivity contribution in [2.24, 2.45) is 0 Å². The minimum Gasteiger partial charge on any atom is -0.313 e. The van der Waals surface area contributed by atoms with Crippen LogP contribution in [0.5, 0.6) is 0 Å². The Morgan fingerprint density at radius 3 is 2.70 bits per heavy atom. The molecule has 0 saturated carbocycles. The highest BCUT2D eigenvalue weighted by Gasteiger charge is 1.93. The Morgan fingerprint density at radius 2 is 2.10 bits per heavy atom. The van der Waals surface area contributed by atoms with Gasteiger partial charge >= 0.3 is 0 Å². The molecule has 52 valence electrons. The van der Waals surface area contributed by atoms with Gasteiger partial charge in [-0.3, -0.25) is 0 Å². The van der Waals surface area contributed by atoms with Gasteiger partial charge in [-0.15, -0.1) is 0 Å². The molecule has 0 aliphatic rings. The number of benzene rings is 1. The van der Waals surface area contributed by atoms with Gasteiger partial charge in [0.2, 0.25) is 0 Å². The van der Waals surface area contributed by atoms with Crippen LogP contribution in [-0.2, 0) is 6.42 Å². The highest BCUT2D eigenvalue weighted by atomic mass is 35.5. The largest absolute Gasteiger partial charge is 0.313 e. The SMILES string of the molecule is N=CCc1ccccc1Cl. The molecule has 0 aromatic heterocycles. The Kier molecular flexibility index (Phi) is 2.46. The third kappa shape index (κ3) is 1.58. The van der Waals surface area contributed by atoms with Crippen LogP contribution in [0, 0.1) is 5.41 Å². The molecule has 0 heterocycles. The van der Waals surface area contributed by atoms with Crippen molar-refractivity contribution in [1.29, 1.82) is 5.41 Å². The third-order valence-corrected chi connectivity index (χ3v) is 1.65. The van der Waals surface area contributed by atoms with Crippen molar-refractivity contribution >= 4 is 17.8 Å². The Hall–Kier alpha value is -0.820. The lowest BCUT2D eigenvalue weighted by Gasteiger charge is -1.96. The molecule has 0 aliphatic heterocycles. The molecule has 1 nitrogen and oxygen atoms in total. The van der Waals surface area contributed by atoms with Crippen molar-refractivity contribution in [3.05, 3.63) is 34.9 Å². The number of rotatable bonds is 2. The predicted molar refractivity (Wildman–Crippen MR) is 43.9 cm³/mol. The lowest BCUT2D eigenvalue weighted by atomic mass is 10.2. The predicted octanol–water partition coefficient (Wildman–Crippen LogP) is 2.53. The van der Waals surface area contributed by atoms with Crippen LogP contribution in [0.4, 0.5) is 0 Å². The van der Waals surface area contributed by atoms with Gasteiger partial charge in [0.1, 0.15) is 0 Å². The summed E-state index contributed by atoms with van der Waals surface area (Å²) in [7, 11) is 0. The number of nitrogens with one attached hydrogen (secondary N) is 1. The van der Waals surface area contributed by atoms with E-state index in [9.17, 15) is 0 Å². The van der Waals surface area contributed by atoms with Crippen molar-refractivity contribution in [3.8, 4) is 0 Å². The second-order valence-corrected chi connectivity index (χ2v) is 2.41. The third-order valence-electron chi connectivity index (χ3n) is 1.28. The van der Waals surface area contributed by atoms with Crippen LogP contribution in [0.1, 0.15) is 5.56 Å². The van der Waals surface area contributed by atoms with E-state index in [0.29, 0.717) is 6.42 Å². The Balaban J connectivity index is 2.91. The number of halogens is 1. The van der Waals surface area contributed by atoms with Crippen LogP contribution in [-0.4, -0.2) is 6.21 Å². The summed E-state index contributed by atoms with van der Waals surface area (Å²) in [6, 6.07) is 7.56. The summed E-state index contributed by atoms with van der Waals surface area (Å²) in [6.07, 6.45) is 1.97. The van der Waals surface area contributed by atoms with Crippen molar-refractivity contribution in [2.75, 3.05) is 0 Å². The van der Waals surface area contributed by atoms with Gasteiger partial charge in [-0.2, -0.15) is 0 Å². The van der Waals surface area contributed by atoms with Crippen LogP contribution in [0.3, 0.4) is 0 Å². The maximum Gasteiger partial charge on any atom is 0.0441 e. The monoisotopic (exact) mass is 153 g/mol. The summed E-state index contributed by atoms with van der Waals surface area (Å²) in [4.78, 5) is 0. The minimum atomic E-state index is 0.625. The van der Waals surface area contributed by atoms with E-state index >= 15 is 0 Å². The normalized spacial score (nSPS) is 9.30. The molecule has 0 aliphatic carbocycles. The minimum absolute atomic E-state index is 0.625. The average molecular weight is 154 g/mol. The molecular formula is C8H8ClN. The molecule has 1 N–H and O–H groups in total. The van der Waals surface area contributed by atoms with Gasteiger partial charge < -0.3 is 5.41 Å². The Labute approximate surface area is 65.1 Å². The van der Waals surface area contributed by atoms with Crippen LogP contribution >= 0.6 is 11.6 Å². The van der Waals surface area contributed by atoms with Gasteiger partial charge in [0.25, 0.3) is 0 Å². The first-order valence-electron chi connectivity index (χ1n) is 3.07. The molecule has 0 amide bonds. The summed E-state index contributed by atoms with van der Waals surface area (Å²) in [5.41, 5.74) is 1.01. The maximum absolute atomic E-state index is 6.85. The summed E-state index contributed by atoms with van der Waals surface area (Å²) in [6.45, 7) is 0. The quantitative estimate of drug-likeness (QED) is 0.632. The molecule has 0 atom stereocenters. The zero-order valence-corrected chi connectivity index (χ0v) is 6.23. The number of hydrogen-bond donors (Lipinski definition) is 1. The molecule has 1 rings (SSSR count). The maximum atomic E-state index is 6.85. The molecule has 0 bridgehead atoms. The molecule has 0 fully saturated rings. The van der Waals surface area contributed by atoms with E-state index in [1.54, 1.807) is 0 Å². The zero-order chi connectivity index (χ0) is 7.40. The van der Waals surface area contributed by atoms with Gasteiger partial charge in [-0.1, -0.05) is 29.8 Å². The smallest absolute Gasteiger partial charge is 0.0441 e. The average Bonchev–Trinajstić information content (AvgIpc) is 1.94. The van der Waals surface area contributed by atoms with Gasteiger partial charge in [-0.25, -0.2) is 0 Å². The van der Waals surface area contributed by atoms with Gasteiger partial charge in [0.15, 0.2) is 0 Å². The van der Waals surface area contributed by atoms with Crippen molar-refractivity contribution in [2.45, 2.75) is 6.42 Å². The first kappa shape index (κ1) is 7.29. The Bertz CT molecular complexity index is 232. The van der Waals surface area contributed by atoms with Crippen LogP contribution in [0.2, 0.25) is 5.02 Å². The van der Waals surface area contributed by atoms with E-state index < -0.39 is 0 Å². The van der Waals surface area contributed by atoms with E-state index in [0.717, 1.165) is 10.6 Å². The van der Waals surface area contributed by atoms with E-state index in [2.05, 4.69) is 0 Å². The highest BCUT2D eigenvalue weighted by Crippen LogP contribution is 2.13. The summed E-state index contributed by atoms with van der Waals surface area (Å²) in [5, 5.41) is 7.59. The standard InChI is InChI=1S/C8H8ClN/c9-8-4-2-1-3-7(8)5-6-10/h1-4,6,10H,5H2. The molecule has 1 aromatic rings. The molecule has 0 saturated heterocycles. The molecule has 2 heteroatoms. The lowest BCUT2D eigenvalue weighted by Crippen LogP contribution is -1.84. The van der Waals surface area contributed by atoms with Crippen LogP contribution < -0.4 is 0 Å². The molecule has 0 unspecified atom stereocenters. The lowest BCUT2D eigenvalue weighted by molar-refractivity contribution is 1.33. The first-order valence-corrected chi connectivity index (χ1v) is 3.44. The molecule has 0 radical (unpaired) electrons. The molecule has 10 heavy (non-hydrogen) atoms. The number of hydrogen-bond acceptors (Lipinski definition) is 1. The van der Waals surface area contributed by atoms with Crippen molar-refractivity contribution < 1.29 is 0 Å². The highest BCUT2D eigenvalue weighted by molar-refractivity contribution is 6.31. The summed E-state index contributed by atoms with van der Waals surface area (Å²) < 4.78 is 0. The van der Waals surface area contributed by atoms with E-state index in [4.69, 9.17) is 17.0 Å². The zero-order valence-electron chi connectivity index (χ0n) is 5.47. The molecular weight excluding hydrogens is 146 g/mol. The van der Waals surface area contributed by atoms with Crippen LogP contribution in [0.25, 0.3) is 0 Å². The topological polar surface area (TPSA) is 23.9 Å². The second-order valence-electron chi connectivity index (χ2n) is 2.00. The van der Waals surface area contributed by atoms with Crippen LogP contribution in [0.15, 0.2) is 24.3 Å². The van der Waals surface area contributed by atoms with E-state index in [1.165, 1.54) is 6.21 Å². The van der Waals surface area contributed by atoms with Gasteiger partial charge in [0.05, 0.1) is 0 Å². The van der Waals surface area contributed by atoms with Gasteiger partial charge in [0, 0.05) is 11.4 Å². The van der Waals surface area contributed by atoms with E-state index in [1.807, 2.05) is 24.3 Å². The fourth-order valence-electron chi connectivity index (χ4n) is 0.774. The fraction of sp³-hybridized carbons (Fsp3) is 0.125. The van der Waals surface area contributed by atoms with Gasteiger partial charge in [-0.05, 0) is 17.8 Å². The summed E-state index contributed by atoms with van der Waals surface area (Å²) in [5.74, 6) is 0. The fourth-order valence-corrected chi connectivity index (χ4v) is 0.987. The van der Waals surface area contributed by atoms with Crippen molar-refractivity contribution in [1.82, 2.24) is 0 Å².